The average molecular weight is 229 g/mol. The summed E-state index contributed by atoms with van der Waals surface area (Å²) < 4.78 is 5.82. The molecule has 1 heterocycles. The highest BCUT2D eigenvalue weighted by molar-refractivity contribution is 5.99. The molecule has 0 spiro atoms. The number of nitrogens with zero attached hydrogens (tertiary/aromatic N) is 1. The largest absolute Gasteiger partial charge is 0.486 e. The Balaban J connectivity index is 2.30. The van der Waals surface area contributed by atoms with Crippen LogP contribution in [0, 0.1) is 11.3 Å². The van der Waals surface area contributed by atoms with Crippen molar-refractivity contribution in [1.29, 1.82) is 5.26 Å². The fraction of sp³-hybridized carbons (Fsp3) is 0.429. The van der Waals surface area contributed by atoms with Crippen LogP contribution in [0.25, 0.3) is 0 Å². The van der Waals surface area contributed by atoms with Crippen molar-refractivity contribution >= 4 is 5.78 Å². The van der Waals surface area contributed by atoms with Gasteiger partial charge in [-0.1, -0.05) is 12.1 Å². The number of nitriles is 1. The van der Waals surface area contributed by atoms with Crippen LogP contribution in [0.3, 0.4) is 0 Å². The number of hydrogen-bond acceptors (Lipinski definition) is 3. The first-order valence-electron chi connectivity index (χ1n) is 5.74. The molecule has 0 aromatic heterocycles. The molecule has 0 bridgehead atoms. The molecule has 0 saturated carbocycles. The summed E-state index contributed by atoms with van der Waals surface area (Å²) in [5, 5.41) is 8.51. The zero-order valence-corrected chi connectivity index (χ0v) is 10.1. The third-order valence-corrected chi connectivity index (χ3v) is 2.86. The Hall–Kier alpha value is -1.82. The van der Waals surface area contributed by atoms with Crippen LogP contribution in [-0.4, -0.2) is 11.4 Å². The Bertz CT molecular complexity index is 497. The zero-order valence-electron chi connectivity index (χ0n) is 10.1. The van der Waals surface area contributed by atoms with Gasteiger partial charge in [0, 0.05) is 19.3 Å². The normalized spacial score (nSPS) is 15.8. The van der Waals surface area contributed by atoms with Crippen molar-refractivity contribution in [2.24, 2.45) is 0 Å². The molecule has 17 heavy (non-hydrogen) atoms. The molecule has 1 aromatic rings. The highest BCUT2D eigenvalue weighted by Crippen LogP contribution is 2.37. The molecule has 0 aliphatic carbocycles. The Morgan fingerprint density at radius 3 is 3.00 bits per heavy atom. The molecule has 0 unspecified atom stereocenters. The van der Waals surface area contributed by atoms with Gasteiger partial charge < -0.3 is 4.74 Å². The van der Waals surface area contributed by atoms with E-state index in [1.54, 1.807) is 6.07 Å². The molecule has 0 N–H and O–H groups in total. The number of rotatable bonds is 3. The summed E-state index contributed by atoms with van der Waals surface area (Å²) in [7, 11) is 0. The lowest BCUT2D eigenvalue weighted by Crippen LogP contribution is -2.25. The van der Waals surface area contributed by atoms with Crippen molar-refractivity contribution in [2.75, 3.05) is 0 Å². The fourth-order valence-electron chi connectivity index (χ4n) is 2.14. The number of fused-ring (bicyclic) bond motifs is 1. The highest BCUT2D eigenvalue weighted by Gasteiger charge is 2.32. The monoisotopic (exact) mass is 229 g/mol. The predicted octanol–water partition coefficient (Wildman–Crippen LogP) is 2.89. The first-order valence-corrected chi connectivity index (χ1v) is 5.74. The first-order chi connectivity index (χ1) is 8.03. The van der Waals surface area contributed by atoms with Crippen molar-refractivity contribution < 1.29 is 9.53 Å². The van der Waals surface area contributed by atoms with Crippen LogP contribution in [0.1, 0.15) is 42.6 Å². The molecular weight excluding hydrogens is 214 g/mol. The van der Waals surface area contributed by atoms with E-state index in [9.17, 15) is 4.79 Å². The maximum atomic E-state index is 11.9. The minimum absolute atomic E-state index is 0.0129. The van der Waals surface area contributed by atoms with Crippen LogP contribution in [0.5, 0.6) is 5.75 Å². The molecule has 0 radical (unpaired) electrons. The number of benzene rings is 1. The van der Waals surface area contributed by atoms with Crippen LogP contribution in [0.15, 0.2) is 18.2 Å². The number of carbonyl (C=O) groups is 1. The fourth-order valence-corrected chi connectivity index (χ4v) is 2.14. The summed E-state index contributed by atoms with van der Waals surface area (Å²) in [5.41, 5.74) is 1.45. The average Bonchev–Trinajstić information content (AvgIpc) is 2.59. The number of ether oxygens (including phenoxy) is 1. The smallest absolute Gasteiger partial charge is 0.167 e. The van der Waals surface area contributed by atoms with Gasteiger partial charge in [-0.05, 0) is 25.5 Å². The lowest BCUT2D eigenvalue weighted by atomic mass is 9.98. The van der Waals surface area contributed by atoms with Crippen molar-refractivity contribution in [2.45, 2.75) is 38.7 Å². The Labute approximate surface area is 101 Å². The van der Waals surface area contributed by atoms with E-state index in [2.05, 4.69) is 0 Å². The minimum Gasteiger partial charge on any atom is -0.486 e. The Morgan fingerprint density at radius 2 is 2.29 bits per heavy atom. The second-order valence-electron chi connectivity index (χ2n) is 4.91. The molecule has 1 aliphatic rings. The number of carbonyl (C=O) groups excluding carboxylic acids is 1. The maximum Gasteiger partial charge on any atom is 0.167 e. The molecule has 0 saturated heterocycles. The second kappa shape index (κ2) is 4.21. The molecule has 88 valence electrons. The minimum atomic E-state index is -0.242. The summed E-state index contributed by atoms with van der Waals surface area (Å²) >= 11 is 0. The molecule has 0 amide bonds. The summed E-state index contributed by atoms with van der Waals surface area (Å²) in [5.74, 6) is 0.696. The third-order valence-electron chi connectivity index (χ3n) is 2.86. The quantitative estimate of drug-likeness (QED) is 0.749. The molecule has 0 atom stereocenters. The van der Waals surface area contributed by atoms with Gasteiger partial charge in [-0.2, -0.15) is 5.26 Å². The van der Waals surface area contributed by atoms with Gasteiger partial charge in [0.05, 0.1) is 11.6 Å². The van der Waals surface area contributed by atoms with Crippen LogP contribution in [0.4, 0.5) is 0 Å². The van der Waals surface area contributed by atoms with Crippen LogP contribution in [-0.2, 0) is 6.42 Å². The number of ketones is 1. The SMILES string of the molecule is CC1(C)Cc2cccc(C(=O)CCC#N)c2O1. The summed E-state index contributed by atoms with van der Waals surface area (Å²) in [4.78, 5) is 11.9. The van der Waals surface area contributed by atoms with E-state index in [-0.39, 0.29) is 24.2 Å². The number of para-hydroxylation sites is 1. The second-order valence-corrected chi connectivity index (χ2v) is 4.91. The summed E-state index contributed by atoms with van der Waals surface area (Å²) in [6, 6.07) is 7.64. The van der Waals surface area contributed by atoms with Crippen LogP contribution < -0.4 is 4.74 Å². The highest BCUT2D eigenvalue weighted by atomic mass is 16.5. The van der Waals surface area contributed by atoms with Crippen molar-refractivity contribution in [3.05, 3.63) is 29.3 Å². The zero-order chi connectivity index (χ0) is 12.5. The molecule has 3 heteroatoms. The molecule has 1 aromatic carbocycles. The Kier molecular flexibility index (Phi) is 2.89. The summed E-state index contributed by atoms with van der Waals surface area (Å²) in [6.07, 6.45) is 1.34. The van der Waals surface area contributed by atoms with E-state index >= 15 is 0 Å². The van der Waals surface area contributed by atoms with Gasteiger partial charge in [0.25, 0.3) is 0 Å². The Morgan fingerprint density at radius 1 is 1.53 bits per heavy atom. The summed E-state index contributed by atoms with van der Waals surface area (Å²) in [6.45, 7) is 4.02. The van der Waals surface area contributed by atoms with Gasteiger partial charge in [0.15, 0.2) is 5.78 Å². The van der Waals surface area contributed by atoms with E-state index in [1.165, 1.54) is 0 Å². The molecular formula is C14H15NO2. The van der Waals surface area contributed by atoms with Gasteiger partial charge in [0.1, 0.15) is 11.4 Å². The van der Waals surface area contributed by atoms with Gasteiger partial charge in [-0.25, -0.2) is 0 Å². The van der Waals surface area contributed by atoms with Crippen molar-refractivity contribution in [3.8, 4) is 11.8 Å². The van der Waals surface area contributed by atoms with E-state index in [1.807, 2.05) is 32.0 Å². The number of hydrogen-bond donors (Lipinski definition) is 0. The predicted molar refractivity (Wildman–Crippen MR) is 64.0 cm³/mol. The molecule has 0 fully saturated rings. The van der Waals surface area contributed by atoms with Crippen LogP contribution >= 0.6 is 0 Å². The first kappa shape index (κ1) is 11.7. The van der Waals surface area contributed by atoms with Gasteiger partial charge >= 0.3 is 0 Å². The topological polar surface area (TPSA) is 50.1 Å². The van der Waals surface area contributed by atoms with Gasteiger partial charge in [0.2, 0.25) is 0 Å². The molecule has 2 rings (SSSR count). The third kappa shape index (κ3) is 2.31. The maximum absolute atomic E-state index is 11.9. The number of Topliss-reactive ketones (excluding diaryl/α,β-unsaturated/α-hetero) is 1. The van der Waals surface area contributed by atoms with Crippen LogP contribution in [0.2, 0.25) is 0 Å². The van der Waals surface area contributed by atoms with Gasteiger partial charge in [-0.15, -0.1) is 0 Å². The van der Waals surface area contributed by atoms with Crippen molar-refractivity contribution in [3.63, 3.8) is 0 Å². The lowest BCUT2D eigenvalue weighted by molar-refractivity contribution is 0.0970. The van der Waals surface area contributed by atoms with Gasteiger partial charge in [-0.3, -0.25) is 4.79 Å². The van der Waals surface area contributed by atoms with E-state index in [4.69, 9.17) is 10.00 Å². The standard InChI is InChI=1S/C14H15NO2/c1-14(2)9-10-5-3-6-11(13(10)17-14)12(16)7-4-8-15/h3,5-6H,4,7,9H2,1-2H3. The van der Waals surface area contributed by atoms with E-state index < -0.39 is 0 Å². The van der Waals surface area contributed by atoms with Crippen molar-refractivity contribution in [1.82, 2.24) is 0 Å². The molecule has 3 nitrogen and oxygen atoms in total. The van der Waals surface area contributed by atoms with E-state index in [0.29, 0.717) is 11.3 Å². The van der Waals surface area contributed by atoms with E-state index in [0.717, 1.165) is 12.0 Å². The molecule has 1 aliphatic heterocycles. The lowest BCUT2D eigenvalue weighted by Gasteiger charge is -2.17.